The number of carbonyl (C=O) groups is 2. The van der Waals surface area contributed by atoms with Gasteiger partial charge in [-0.25, -0.2) is 8.42 Å². The highest BCUT2D eigenvalue weighted by molar-refractivity contribution is 7.92. The first-order chi connectivity index (χ1) is 18.9. The SMILES string of the molecule is CC[C@@H](C)NC(=O)[C@@H](C)N(CCc1ccccc1)C(=O)CN(c1ccc(Cl)cc1C)S(=O)(=O)c1ccc(C)cc1. The van der Waals surface area contributed by atoms with Crippen LogP contribution in [0, 0.1) is 13.8 Å². The largest absolute Gasteiger partial charge is 0.352 e. The third-order valence-electron chi connectivity index (χ3n) is 6.97. The van der Waals surface area contributed by atoms with Crippen molar-refractivity contribution in [3.8, 4) is 0 Å². The molecule has 7 nitrogen and oxygen atoms in total. The zero-order valence-corrected chi connectivity index (χ0v) is 25.3. The van der Waals surface area contributed by atoms with Crippen molar-refractivity contribution in [1.29, 1.82) is 0 Å². The molecule has 0 aliphatic carbocycles. The summed E-state index contributed by atoms with van der Waals surface area (Å²) in [5, 5.41) is 3.40. The zero-order valence-electron chi connectivity index (χ0n) is 23.7. The number of carbonyl (C=O) groups excluding carboxylic acids is 2. The molecule has 2 atom stereocenters. The lowest BCUT2D eigenvalue weighted by molar-refractivity contribution is -0.139. The molecule has 0 saturated heterocycles. The fourth-order valence-electron chi connectivity index (χ4n) is 4.29. The number of halogens is 1. The first kappa shape index (κ1) is 31.2. The van der Waals surface area contributed by atoms with Crippen LogP contribution in [0.5, 0.6) is 0 Å². The first-order valence-electron chi connectivity index (χ1n) is 13.4. The molecule has 3 aromatic carbocycles. The molecule has 0 fully saturated rings. The van der Waals surface area contributed by atoms with E-state index >= 15 is 0 Å². The van der Waals surface area contributed by atoms with Gasteiger partial charge in [0.15, 0.2) is 0 Å². The predicted octanol–water partition coefficient (Wildman–Crippen LogP) is 5.53. The Morgan fingerprint density at radius 3 is 2.20 bits per heavy atom. The normalized spacial score (nSPS) is 12.8. The molecule has 3 aromatic rings. The standard InChI is InChI=1S/C31H38ClN3O4S/c1-6-24(4)33-31(37)25(5)34(19-18-26-10-8-7-9-11-26)30(36)21-35(29-17-14-27(32)20-23(29)3)40(38,39)28-15-12-22(2)13-16-28/h7-17,20,24-25H,6,18-19,21H2,1-5H3,(H,33,37)/t24-,25-/m1/s1. The van der Waals surface area contributed by atoms with Crippen LogP contribution in [0.25, 0.3) is 0 Å². The summed E-state index contributed by atoms with van der Waals surface area (Å²) in [6.07, 6.45) is 1.26. The fourth-order valence-corrected chi connectivity index (χ4v) is 5.99. The number of anilines is 1. The van der Waals surface area contributed by atoms with Crippen LogP contribution >= 0.6 is 11.6 Å². The Labute approximate surface area is 243 Å². The third kappa shape index (κ3) is 7.86. The molecule has 1 N–H and O–H groups in total. The number of sulfonamides is 1. The van der Waals surface area contributed by atoms with Crippen LogP contribution in [0.1, 0.15) is 43.9 Å². The minimum atomic E-state index is -4.13. The maximum Gasteiger partial charge on any atom is 0.264 e. The molecule has 0 aliphatic rings. The molecule has 40 heavy (non-hydrogen) atoms. The first-order valence-corrected chi connectivity index (χ1v) is 15.2. The van der Waals surface area contributed by atoms with Crippen molar-refractivity contribution >= 4 is 39.1 Å². The Hall–Kier alpha value is -3.36. The van der Waals surface area contributed by atoms with E-state index in [-0.39, 0.29) is 23.4 Å². The van der Waals surface area contributed by atoms with Crippen molar-refractivity contribution in [2.75, 3.05) is 17.4 Å². The van der Waals surface area contributed by atoms with Gasteiger partial charge >= 0.3 is 0 Å². The number of aryl methyl sites for hydroxylation is 2. The van der Waals surface area contributed by atoms with Gasteiger partial charge in [0.25, 0.3) is 10.0 Å². The summed E-state index contributed by atoms with van der Waals surface area (Å²) in [7, 11) is -4.13. The molecule has 0 heterocycles. The molecule has 0 aliphatic heterocycles. The quantitative estimate of drug-likeness (QED) is 0.304. The van der Waals surface area contributed by atoms with Crippen molar-refractivity contribution in [2.45, 2.75) is 64.4 Å². The molecule has 2 amide bonds. The smallest absolute Gasteiger partial charge is 0.264 e. The van der Waals surface area contributed by atoms with Crippen LogP contribution < -0.4 is 9.62 Å². The minimum absolute atomic E-state index is 0.0591. The lowest BCUT2D eigenvalue weighted by Crippen LogP contribution is -2.53. The van der Waals surface area contributed by atoms with Crippen molar-refractivity contribution in [2.24, 2.45) is 0 Å². The fraction of sp³-hybridized carbons (Fsp3) is 0.355. The van der Waals surface area contributed by atoms with E-state index in [2.05, 4.69) is 5.32 Å². The second-order valence-electron chi connectivity index (χ2n) is 10.1. The topological polar surface area (TPSA) is 86.8 Å². The average Bonchev–Trinajstić information content (AvgIpc) is 2.92. The lowest BCUT2D eigenvalue weighted by atomic mass is 10.1. The summed E-state index contributed by atoms with van der Waals surface area (Å²) >= 11 is 6.17. The number of nitrogens with one attached hydrogen (secondary N) is 1. The van der Waals surface area contributed by atoms with E-state index in [0.717, 1.165) is 21.9 Å². The van der Waals surface area contributed by atoms with Crippen molar-refractivity contribution in [3.05, 3.63) is 94.5 Å². The maximum atomic E-state index is 14.0. The number of nitrogens with zero attached hydrogens (tertiary/aromatic N) is 2. The molecule has 0 unspecified atom stereocenters. The maximum absolute atomic E-state index is 14.0. The summed E-state index contributed by atoms with van der Waals surface area (Å²) in [5.41, 5.74) is 2.87. The van der Waals surface area contributed by atoms with Gasteiger partial charge in [0.2, 0.25) is 11.8 Å². The highest BCUT2D eigenvalue weighted by atomic mass is 35.5. The van der Waals surface area contributed by atoms with E-state index < -0.39 is 28.5 Å². The van der Waals surface area contributed by atoms with Crippen LogP contribution in [0.4, 0.5) is 5.69 Å². The van der Waals surface area contributed by atoms with Gasteiger partial charge in [-0.2, -0.15) is 0 Å². The van der Waals surface area contributed by atoms with Gasteiger partial charge in [0.1, 0.15) is 12.6 Å². The number of benzene rings is 3. The van der Waals surface area contributed by atoms with E-state index in [9.17, 15) is 18.0 Å². The zero-order chi connectivity index (χ0) is 29.4. The van der Waals surface area contributed by atoms with Gasteiger partial charge in [-0.3, -0.25) is 13.9 Å². The Morgan fingerprint density at radius 1 is 0.950 bits per heavy atom. The molecule has 0 spiro atoms. The van der Waals surface area contributed by atoms with Gasteiger partial charge in [-0.1, -0.05) is 66.6 Å². The molecule has 0 radical (unpaired) electrons. The van der Waals surface area contributed by atoms with Crippen molar-refractivity contribution < 1.29 is 18.0 Å². The molecular formula is C31H38ClN3O4S. The van der Waals surface area contributed by atoms with Gasteiger partial charge in [0.05, 0.1) is 10.6 Å². The lowest BCUT2D eigenvalue weighted by Gasteiger charge is -2.33. The summed E-state index contributed by atoms with van der Waals surface area (Å²) in [6.45, 7) is 8.93. The minimum Gasteiger partial charge on any atom is -0.352 e. The number of rotatable bonds is 12. The average molecular weight is 584 g/mol. The molecule has 0 bridgehead atoms. The van der Waals surface area contributed by atoms with Crippen LogP contribution in [-0.2, 0) is 26.0 Å². The Kier molecular flexibility index (Phi) is 10.8. The van der Waals surface area contributed by atoms with E-state index in [0.29, 0.717) is 22.7 Å². The van der Waals surface area contributed by atoms with E-state index in [1.165, 1.54) is 17.0 Å². The highest BCUT2D eigenvalue weighted by Crippen LogP contribution is 2.29. The van der Waals surface area contributed by atoms with Crippen LogP contribution in [-0.4, -0.2) is 50.3 Å². The van der Waals surface area contributed by atoms with Crippen LogP contribution in [0.2, 0.25) is 5.02 Å². The Morgan fingerprint density at radius 2 is 1.60 bits per heavy atom. The van der Waals surface area contributed by atoms with E-state index in [1.807, 2.05) is 51.1 Å². The third-order valence-corrected chi connectivity index (χ3v) is 8.98. The molecule has 9 heteroatoms. The summed E-state index contributed by atoms with van der Waals surface area (Å²) < 4.78 is 29.0. The van der Waals surface area contributed by atoms with Gasteiger partial charge in [-0.05, 0) is 82.0 Å². The van der Waals surface area contributed by atoms with E-state index in [1.54, 1.807) is 44.2 Å². The number of amides is 2. The molecule has 214 valence electrons. The molecule has 0 aromatic heterocycles. The number of hydrogen-bond acceptors (Lipinski definition) is 4. The highest BCUT2D eigenvalue weighted by Gasteiger charge is 2.33. The monoisotopic (exact) mass is 583 g/mol. The molecule has 0 saturated carbocycles. The molecule has 3 rings (SSSR count). The van der Waals surface area contributed by atoms with Crippen molar-refractivity contribution in [1.82, 2.24) is 10.2 Å². The van der Waals surface area contributed by atoms with Gasteiger partial charge in [0, 0.05) is 17.6 Å². The summed E-state index contributed by atoms with van der Waals surface area (Å²) in [4.78, 5) is 28.6. The van der Waals surface area contributed by atoms with Gasteiger partial charge in [-0.15, -0.1) is 0 Å². The van der Waals surface area contributed by atoms with E-state index in [4.69, 9.17) is 11.6 Å². The second kappa shape index (κ2) is 13.8. The Balaban J connectivity index is 2.01. The number of hydrogen-bond donors (Lipinski definition) is 1. The Bertz CT molecular complexity index is 1410. The second-order valence-corrected chi connectivity index (χ2v) is 12.4. The van der Waals surface area contributed by atoms with Crippen molar-refractivity contribution in [3.63, 3.8) is 0 Å². The summed E-state index contributed by atoms with van der Waals surface area (Å²) in [5.74, 6) is -0.765. The predicted molar refractivity (Wildman–Crippen MR) is 161 cm³/mol. The van der Waals surface area contributed by atoms with Crippen LogP contribution in [0.3, 0.4) is 0 Å². The van der Waals surface area contributed by atoms with Crippen LogP contribution in [0.15, 0.2) is 77.7 Å². The molecular weight excluding hydrogens is 546 g/mol. The summed E-state index contributed by atoms with van der Waals surface area (Å²) in [6, 6.07) is 20.2. The van der Waals surface area contributed by atoms with Gasteiger partial charge < -0.3 is 10.2 Å².